The average Bonchev–Trinajstić information content (AvgIpc) is 3.79. The van der Waals surface area contributed by atoms with Crippen LogP contribution < -0.4 is 10.9 Å². The molecule has 1 aliphatic rings. The van der Waals surface area contributed by atoms with Gasteiger partial charge in [-0.2, -0.15) is 0 Å². The predicted octanol–water partition coefficient (Wildman–Crippen LogP) is 9.17. The summed E-state index contributed by atoms with van der Waals surface area (Å²) >= 11 is 1.89. The molecule has 6 aromatic carbocycles. The summed E-state index contributed by atoms with van der Waals surface area (Å²) in [5.74, 6) is 0. The largest absolute Gasteiger partial charge is 0.440 e. The van der Waals surface area contributed by atoms with Crippen LogP contribution in [-0.4, -0.2) is 16.8 Å². The molecule has 4 aromatic heterocycles. The van der Waals surface area contributed by atoms with E-state index >= 15 is 0 Å². The summed E-state index contributed by atoms with van der Waals surface area (Å²) in [5, 5.41) is 9.98. The van der Waals surface area contributed by atoms with Crippen LogP contribution in [0.4, 0.5) is 0 Å². The van der Waals surface area contributed by atoms with Gasteiger partial charge in [0.15, 0.2) is 7.28 Å². The minimum absolute atomic E-state index is 0.826. The van der Waals surface area contributed by atoms with E-state index in [4.69, 9.17) is 4.42 Å². The number of para-hydroxylation sites is 3. The van der Waals surface area contributed by atoms with Gasteiger partial charge >= 0.3 is 0 Å². The SMILES string of the molecule is [B]1c2c(-c3cccc4c3[nH]c3oc5ccccc5c34)cc3ccccc3c2-n2c3sc4ccccc4c3c3cccc1c32. The van der Waals surface area contributed by atoms with E-state index in [1.54, 1.807) is 0 Å². The van der Waals surface area contributed by atoms with Gasteiger partial charge in [-0.1, -0.05) is 103 Å². The van der Waals surface area contributed by atoms with Crippen LogP contribution in [0.5, 0.6) is 0 Å². The number of thiophene rings is 1. The van der Waals surface area contributed by atoms with Gasteiger partial charge in [0.1, 0.15) is 10.4 Å². The van der Waals surface area contributed by atoms with Crippen LogP contribution in [0.15, 0.2) is 120 Å². The Morgan fingerprint density at radius 3 is 2.37 bits per heavy atom. The molecule has 1 aliphatic heterocycles. The normalized spacial score (nSPS) is 12.8. The molecule has 3 nitrogen and oxygen atoms in total. The Morgan fingerprint density at radius 1 is 0.651 bits per heavy atom. The monoisotopic (exact) mass is 563 g/mol. The van der Waals surface area contributed by atoms with Crippen LogP contribution in [0.25, 0.3) is 91.8 Å². The van der Waals surface area contributed by atoms with Crippen LogP contribution in [0, 0.1) is 0 Å². The molecule has 0 amide bonds. The summed E-state index contributed by atoms with van der Waals surface area (Å²) in [6.45, 7) is 0. The van der Waals surface area contributed by atoms with Gasteiger partial charge in [0.05, 0.1) is 10.9 Å². The molecule has 5 heteroatoms. The number of nitrogens with one attached hydrogen (secondary N) is 1. The van der Waals surface area contributed by atoms with Gasteiger partial charge in [-0.25, -0.2) is 0 Å². The number of aromatic amines is 1. The minimum Gasteiger partial charge on any atom is -0.440 e. The fourth-order valence-corrected chi connectivity index (χ4v) is 8.87. The van der Waals surface area contributed by atoms with E-state index in [1.807, 2.05) is 23.5 Å². The Morgan fingerprint density at radius 2 is 1.42 bits per heavy atom. The molecule has 1 N–H and O–H groups in total. The highest BCUT2D eigenvalue weighted by atomic mass is 32.1. The first-order valence-corrected chi connectivity index (χ1v) is 15.4. The number of H-pyrrole nitrogens is 1. The van der Waals surface area contributed by atoms with Crippen molar-refractivity contribution in [3.05, 3.63) is 115 Å². The summed E-state index contributed by atoms with van der Waals surface area (Å²) in [6.07, 6.45) is 0. The first-order chi connectivity index (χ1) is 21.3. The minimum atomic E-state index is 0.826. The fourth-order valence-electron chi connectivity index (χ4n) is 7.64. The third-order valence-corrected chi connectivity index (χ3v) is 10.5. The number of hydrogen-bond donors (Lipinski definition) is 1. The smallest absolute Gasteiger partial charge is 0.206 e. The number of hydrogen-bond acceptors (Lipinski definition) is 2. The summed E-state index contributed by atoms with van der Waals surface area (Å²) in [5.41, 5.74) is 10.3. The predicted molar refractivity (Wildman–Crippen MR) is 183 cm³/mol. The maximum absolute atomic E-state index is 6.30. The highest BCUT2D eigenvalue weighted by molar-refractivity contribution is 7.25. The molecule has 11 rings (SSSR count). The van der Waals surface area contributed by atoms with Crippen LogP contribution in [0.3, 0.4) is 0 Å². The van der Waals surface area contributed by atoms with Crippen molar-refractivity contribution in [2.75, 3.05) is 0 Å². The second-order valence-electron chi connectivity index (χ2n) is 11.6. The van der Waals surface area contributed by atoms with Gasteiger partial charge in [-0.05, 0) is 34.6 Å². The molecule has 197 valence electrons. The average molecular weight is 563 g/mol. The molecule has 0 saturated heterocycles. The third kappa shape index (κ3) is 2.72. The highest BCUT2D eigenvalue weighted by Gasteiger charge is 2.29. The lowest BCUT2D eigenvalue weighted by atomic mass is 9.58. The van der Waals surface area contributed by atoms with E-state index in [1.165, 1.54) is 75.1 Å². The molecule has 10 aromatic rings. The molecule has 0 unspecified atom stereocenters. The van der Waals surface area contributed by atoms with Crippen molar-refractivity contribution in [3.8, 4) is 16.8 Å². The molecular formula is C38H20BN2OS. The first-order valence-electron chi connectivity index (χ1n) is 14.6. The molecule has 0 saturated carbocycles. The first kappa shape index (κ1) is 22.4. The van der Waals surface area contributed by atoms with Crippen LogP contribution >= 0.6 is 11.3 Å². The maximum Gasteiger partial charge on any atom is 0.206 e. The molecule has 0 spiro atoms. The second kappa shape index (κ2) is 7.77. The van der Waals surface area contributed by atoms with Crippen molar-refractivity contribution in [1.82, 2.24) is 9.55 Å². The van der Waals surface area contributed by atoms with E-state index in [9.17, 15) is 0 Å². The zero-order chi connectivity index (χ0) is 27.8. The van der Waals surface area contributed by atoms with E-state index < -0.39 is 0 Å². The Labute approximate surface area is 249 Å². The molecule has 43 heavy (non-hydrogen) atoms. The van der Waals surface area contributed by atoms with Crippen molar-refractivity contribution in [2.45, 2.75) is 0 Å². The van der Waals surface area contributed by atoms with Crippen molar-refractivity contribution < 1.29 is 4.42 Å². The van der Waals surface area contributed by atoms with E-state index in [2.05, 4.69) is 120 Å². The quantitative estimate of drug-likeness (QED) is 0.199. The number of rotatable bonds is 1. The van der Waals surface area contributed by atoms with Gasteiger partial charge in [0.2, 0.25) is 5.71 Å². The number of aromatic nitrogens is 2. The lowest BCUT2D eigenvalue weighted by Crippen LogP contribution is -2.37. The van der Waals surface area contributed by atoms with E-state index in [-0.39, 0.29) is 0 Å². The molecule has 0 fully saturated rings. The Hall–Kier alpha value is -5.26. The number of benzene rings is 6. The van der Waals surface area contributed by atoms with Crippen molar-refractivity contribution >= 4 is 104 Å². The number of furan rings is 1. The number of nitrogens with zero attached hydrogens (tertiary/aromatic N) is 1. The zero-order valence-electron chi connectivity index (χ0n) is 22.8. The molecule has 0 atom stereocenters. The standard InChI is InChI=1S/C38H20BN2OS/c1-2-10-21-20(9-1)19-27(22-13-7-14-25-31-23-11-3-5-17-29(23)42-37(31)40-34(22)25)33-36(21)41-35-26(15-8-16-28(35)39-33)32-24-12-4-6-18-30(24)43-38(32)41/h1-19,40H. The number of fused-ring (bicyclic) bond motifs is 14. The van der Waals surface area contributed by atoms with Crippen molar-refractivity contribution in [2.24, 2.45) is 0 Å². The zero-order valence-corrected chi connectivity index (χ0v) is 23.6. The second-order valence-corrected chi connectivity index (χ2v) is 12.6. The summed E-state index contributed by atoms with van der Waals surface area (Å²) in [7, 11) is 2.41. The Bertz CT molecular complexity index is 2830. The van der Waals surface area contributed by atoms with E-state index in [0.29, 0.717) is 0 Å². The molecular weight excluding hydrogens is 543 g/mol. The highest BCUT2D eigenvalue weighted by Crippen LogP contribution is 2.45. The Kier molecular flexibility index (Phi) is 4.04. The summed E-state index contributed by atoms with van der Waals surface area (Å²) in [6, 6.07) is 41.7. The van der Waals surface area contributed by atoms with Crippen molar-refractivity contribution in [1.29, 1.82) is 0 Å². The molecule has 1 radical (unpaired) electrons. The Balaban J connectivity index is 1.31. The van der Waals surface area contributed by atoms with Crippen LogP contribution in [0.1, 0.15) is 0 Å². The summed E-state index contributed by atoms with van der Waals surface area (Å²) < 4.78 is 10.2. The fraction of sp³-hybridized carbons (Fsp3) is 0. The van der Waals surface area contributed by atoms with Crippen LogP contribution in [0.2, 0.25) is 0 Å². The van der Waals surface area contributed by atoms with Crippen LogP contribution in [-0.2, 0) is 0 Å². The van der Waals surface area contributed by atoms with E-state index in [0.717, 1.165) is 27.6 Å². The van der Waals surface area contributed by atoms with Gasteiger partial charge in [-0.3, -0.25) is 0 Å². The topological polar surface area (TPSA) is 33.9 Å². The lowest BCUT2D eigenvalue weighted by molar-refractivity contribution is 0.657. The van der Waals surface area contributed by atoms with Gasteiger partial charge in [-0.15, -0.1) is 11.3 Å². The van der Waals surface area contributed by atoms with Gasteiger partial charge < -0.3 is 14.0 Å². The summed E-state index contributed by atoms with van der Waals surface area (Å²) in [4.78, 5) is 4.99. The lowest BCUT2D eigenvalue weighted by Gasteiger charge is -2.25. The molecule has 5 heterocycles. The molecule has 0 bridgehead atoms. The van der Waals surface area contributed by atoms with Gasteiger partial charge in [0, 0.05) is 53.8 Å². The third-order valence-electron chi connectivity index (χ3n) is 9.38. The van der Waals surface area contributed by atoms with Gasteiger partial charge in [0.25, 0.3) is 0 Å². The maximum atomic E-state index is 6.30. The van der Waals surface area contributed by atoms with Crippen molar-refractivity contribution in [3.63, 3.8) is 0 Å². The molecule has 0 aliphatic carbocycles.